The Kier molecular flexibility index (Phi) is 1.65. The molecule has 16 heavy (non-hydrogen) atoms. The fourth-order valence-electron chi connectivity index (χ4n) is 1.91. The second kappa shape index (κ2) is 2.91. The quantitative estimate of drug-likeness (QED) is 0.699. The number of amides is 1. The molecule has 82 valence electrons. The summed E-state index contributed by atoms with van der Waals surface area (Å²) < 4.78 is 1.37. The normalized spacial score (nSPS) is 14.8. The van der Waals surface area contributed by atoms with Crippen molar-refractivity contribution in [2.75, 3.05) is 11.4 Å². The topological polar surface area (TPSA) is 83.9 Å². The van der Waals surface area contributed by atoms with Crippen molar-refractivity contribution in [2.24, 2.45) is 0 Å². The van der Waals surface area contributed by atoms with Gasteiger partial charge in [-0.1, -0.05) is 0 Å². The standard InChI is InChI=1S/C9H9N5O2/c1-2-13-5(15)3-14-8(16)6-7(11-4-10-6)12-9(13)14/h4H,2-3H2,1H3,(H,10,11). The zero-order valence-corrected chi connectivity index (χ0v) is 8.60. The van der Waals surface area contributed by atoms with E-state index in [9.17, 15) is 9.59 Å². The fraction of sp³-hybridized carbons (Fsp3) is 0.333. The molecule has 0 radical (unpaired) electrons. The number of hydrogen-bond donors (Lipinski definition) is 1. The molecule has 0 saturated heterocycles. The highest BCUT2D eigenvalue weighted by Crippen LogP contribution is 2.18. The molecule has 0 saturated carbocycles. The Balaban J connectivity index is 2.37. The van der Waals surface area contributed by atoms with Gasteiger partial charge in [0.1, 0.15) is 6.54 Å². The minimum Gasteiger partial charge on any atom is -0.339 e. The van der Waals surface area contributed by atoms with E-state index < -0.39 is 0 Å². The number of imidazole rings is 1. The molecule has 0 spiro atoms. The molecule has 1 amide bonds. The van der Waals surface area contributed by atoms with Crippen LogP contribution in [0.4, 0.5) is 5.95 Å². The summed E-state index contributed by atoms with van der Waals surface area (Å²) in [5.74, 6) is 0.275. The van der Waals surface area contributed by atoms with Crippen molar-refractivity contribution in [2.45, 2.75) is 13.5 Å². The van der Waals surface area contributed by atoms with Crippen molar-refractivity contribution in [1.29, 1.82) is 0 Å². The maximum Gasteiger partial charge on any atom is 0.281 e. The molecule has 1 aliphatic heterocycles. The number of nitrogens with zero attached hydrogens (tertiary/aromatic N) is 4. The number of aromatic nitrogens is 4. The van der Waals surface area contributed by atoms with E-state index in [0.29, 0.717) is 23.7 Å². The number of nitrogens with one attached hydrogen (secondary N) is 1. The van der Waals surface area contributed by atoms with Gasteiger partial charge in [0.15, 0.2) is 11.2 Å². The summed E-state index contributed by atoms with van der Waals surface area (Å²) in [6.07, 6.45) is 1.42. The lowest BCUT2D eigenvalue weighted by atomic mass is 10.5. The van der Waals surface area contributed by atoms with Crippen molar-refractivity contribution < 1.29 is 4.79 Å². The molecular weight excluding hydrogens is 210 g/mol. The highest BCUT2D eigenvalue weighted by atomic mass is 16.2. The molecule has 0 aliphatic carbocycles. The highest BCUT2D eigenvalue weighted by molar-refractivity contribution is 5.95. The zero-order valence-electron chi connectivity index (χ0n) is 8.60. The number of rotatable bonds is 1. The van der Waals surface area contributed by atoms with Gasteiger partial charge in [-0.15, -0.1) is 0 Å². The highest BCUT2D eigenvalue weighted by Gasteiger charge is 2.29. The maximum absolute atomic E-state index is 12.0. The summed E-state index contributed by atoms with van der Waals surface area (Å²) in [5.41, 5.74) is 0.445. The molecule has 0 atom stereocenters. The van der Waals surface area contributed by atoms with Gasteiger partial charge in [0, 0.05) is 6.54 Å². The van der Waals surface area contributed by atoms with Crippen LogP contribution >= 0.6 is 0 Å². The minimum absolute atomic E-state index is 0.0595. The van der Waals surface area contributed by atoms with Gasteiger partial charge in [-0.2, -0.15) is 4.98 Å². The Bertz CT molecular complexity index is 641. The van der Waals surface area contributed by atoms with Crippen LogP contribution in [0.3, 0.4) is 0 Å². The van der Waals surface area contributed by atoms with Gasteiger partial charge in [-0.05, 0) is 6.92 Å². The van der Waals surface area contributed by atoms with Crippen LogP contribution in [0, 0.1) is 0 Å². The average Bonchev–Trinajstić information content (AvgIpc) is 2.83. The second-order valence-electron chi connectivity index (χ2n) is 3.54. The number of hydrogen-bond acceptors (Lipinski definition) is 4. The Morgan fingerprint density at radius 3 is 3.06 bits per heavy atom. The van der Waals surface area contributed by atoms with Gasteiger partial charge in [0.2, 0.25) is 11.9 Å². The first kappa shape index (κ1) is 9.08. The van der Waals surface area contributed by atoms with E-state index in [0.717, 1.165) is 0 Å². The third-order valence-electron chi connectivity index (χ3n) is 2.68. The predicted molar refractivity (Wildman–Crippen MR) is 56.2 cm³/mol. The molecule has 2 aromatic rings. The predicted octanol–water partition coefficient (Wildman–Crippen LogP) is -0.514. The van der Waals surface area contributed by atoms with Crippen LogP contribution in [0.5, 0.6) is 0 Å². The lowest BCUT2D eigenvalue weighted by molar-refractivity contribution is -0.118. The molecule has 3 heterocycles. The van der Waals surface area contributed by atoms with Gasteiger partial charge in [0.25, 0.3) is 5.56 Å². The van der Waals surface area contributed by atoms with E-state index in [1.165, 1.54) is 15.8 Å². The van der Waals surface area contributed by atoms with E-state index in [-0.39, 0.29) is 18.0 Å². The van der Waals surface area contributed by atoms with Crippen molar-refractivity contribution in [1.82, 2.24) is 19.5 Å². The first-order chi connectivity index (χ1) is 7.72. The minimum atomic E-state index is -0.248. The fourth-order valence-corrected chi connectivity index (χ4v) is 1.91. The third-order valence-corrected chi connectivity index (χ3v) is 2.68. The lowest BCUT2D eigenvalue weighted by Crippen LogP contribution is -2.26. The van der Waals surface area contributed by atoms with Crippen LogP contribution in [-0.4, -0.2) is 32.0 Å². The van der Waals surface area contributed by atoms with Gasteiger partial charge < -0.3 is 4.98 Å². The summed E-state index contributed by atoms with van der Waals surface area (Å²) in [4.78, 5) is 35.9. The molecule has 0 aromatic carbocycles. The first-order valence-corrected chi connectivity index (χ1v) is 4.96. The molecule has 1 aliphatic rings. The van der Waals surface area contributed by atoms with E-state index in [4.69, 9.17) is 0 Å². The molecule has 0 unspecified atom stereocenters. The van der Waals surface area contributed by atoms with Crippen molar-refractivity contribution in [3.05, 3.63) is 16.7 Å². The molecular formula is C9H9N5O2. The number of carbonyl (C=O) groups excluding carboxylic acids is 1. The number of carbonyl (C=O) groups is 1. The molecule has 0 fully saturated rings. The summed E-state index contributed by atoms with van der Waals surface area (Å²) >= 11 is 0. The van der Waals surface area contributed by atoms with Crippen molar-refractivity contribution in [3.63, 3.8) is 0 Å². The molecule has 3 rings (SSSR count). The SMILES string of the molecule is CCN1C(=O)Cn2c1nc1nc[nH]c1c2=O. The van der Waals surface area contributed by atoms with E-state index in [1.54, 1.807) is 0 Å². The molecule has 7 nitrogen and oxygen atoms in total. The number of H-pyrrole nitrogens is 1. The Hall–Kier alpha value is -2.18. The van der Waals surface area contributed by atoms with Gasteiger partial charge in [-0.3, -0.25) is 19.1 Å². The van der Waals surface area contributed by atoms with E-state index in [2.05, 4.69) is 15.0 Å². The van der Waals surface area contributed by atoms with Crippen molar-refractivity contribution >= 4 is 23.0 Å². The van der Waals surface area contributed by atoms with Crippen LogP contribution in [0.15, 0.2) is 11.1 Å². The maximum atomic E-state index is 12.0. The average molecular weight is 219 g/mol. The Morgan fingerprint density at radius 2 is 2.31 bits per heavy atom. The third kappa shape index (κ3) is 0.967. The Morgan fingerprint density at radius 1 is 1.50 bits per heavy atom. The molecule has 2 aromatic heterocycles. The smallest absolute Gasteiger partial charge is 0.281 e. The van der Waals surface area contributed by atoms with E-state index >= 15 is 0 Å². The lowest BCUT2D eigenvalue weighted by Gasteiger charge is -2.11. The monoisotopic (exact) mass is 219 g/mol. The second-order valence-corrected chi connectivity index (χ2v) is 3.54. The largest absolute Gasteiger partial charge is 0.339 e. The van der Waals surface area contributed by atoms with Gasteiger partial charge in [-0.25, -0.2) is 4.98 Å². The summed E-state index contributed by atoms with van der Waals surface area (Å²) in [6.45, 7) is 2.40. The van der Waals surface area contributed by atoms with Crippen LogP contribution in [-0.2, 0) is 11.3 Å². The molecule has 0 bridgehead atoms. The van der Waals surface area contributed by atoms with Crippen LogP contribution < -0.4 is 10.5 Å². The number of fused-ring (bicyclic) bond motifs is 2. The summed E-state index contributed by atoms with van der Waals surface area (Å²) in [5, 5.41) is 0. The molecule has 7 heteroatoms. The number of anilines is 1. The zero-order chi connectivity index (χ0) is 11.3. The number of likely N-dealkylation sites (N-methyl/N-ethyl adjacent to an activating group) is 1. The number of aromatic amines is 1. The Labute approximate surface area is 89.7 Å². The first-order valence-electron chi connectivity index (χ1n) is 4.96. The van der Waals surface area contributed by atoms with E-state index in [1.807, 2.05) is 6.92 Å². The van der Waals surface area contributed by atoms with Crippen LogP contribution in [0.25, 0.3) is 11.2 Å². The summed E-state index contributed by atoms with van der Waals surface area (Å²) in [6, 6.07) is 0. The van der Waals surface area contributed by atoms with Crippen LogP contribution in [0.1, 0.15) is 6.92 Å². The van der Waals surface area contributed by atoms with Gasteiger partial charge >= 0.3 is 0 Å². The summed E-state index contributed by atoms with van der Waals surface area (Å²) in [7, 11) is 0. The van der Waals surface area contributed by atoms with Gasteiger partial charge in [0.05, 0.1) is 6.33 Å². The van der Waals surface area contributed by atoms with Crippen molar-refractivity contribution in [3.8, 4) is 0 Å². The van der Waals surface area contributed by atoms with Crippen LogP contribution in [0.2, 0.25) is 0 Å². The molecule has 1 N–H and O–H groups in total.